The molecule has 2 nitrogen and oxygen atoms in total. The number of carbonyl (C=O) groups excluding carboxylic acids is 2. The zero-order chi connectivity index (χ0) is 17.9. The maximum absolute atomic E-state index is 12.8. The van der Waals surface area contributed by atoms with Crippen LogP contribution in [0.3, 0.4) is 0 Å². The zero-order valence-corrected chi connectivity index (χ0v) is 16.5. The fourth-order valence-electron chi connectivity index (χ4n) is 4.14. The molecule has 1 aliphatic rings. The number of Topliss-reactive ketones (excluding diaryl/α,β-unsaturated/α-hetero) is 2. The smallest absolute Gasteiger partial charge is 0.148 e. The summed E-state index contributed by atoms with van der Waals surface area (Å²) in [6, 6.07) is 4.23. The van der Waals surface area contributed by atoms with E-state index in [1.165, 1.54) is 5.56 Å². The van der Waals surface area contributed by atoms with Crippen molar-refractivity contribution >= 4 is 23.3 Å². The number of hydrogen-bond acceptors (Lipinski definition) is 3. The van der Waals surface area contributed by atoms with E-state index in [1.54, 1.807) is 0 Å². The third-order valence-corrected chi connectivity index (χ3v) is 6.12. The minimum absolute atomic E-state index is 0.131. The lowest BCUT2D eigenvalue weighted by molar-refractivity contribution is -0.133. The molecule has 2 rings (SSSR count). The van der Waals surface area contributed by atoms with E-state index in [0.717, 1.165) is 35.3 Å². The molecule has 0 aromatic heterocycles. The van der Waals surface area contributed by atoms with Gasteiger partial charge in [0.05, 0.1) is 0 Å². The van der Waals surface area contributed by atoms with Crippen molar-refractivity contribution in [1.29, 1.82) is 0 Å². The SMILES string of the molecule is CCSC(C)CC1CC(=O)C(c2c(C)cc(C)cc2CC)C(=O)C1. The summed E-state index contributed by atoms with van der Waals surface area (Å²) in [4.78, 5) is 25.7. The molecule has 0 spiro atoms. The standard InChI is InChI=1S/C21H30O2S/c1-6-17-9-13(3)8-14(4)20(17)21-18(22)11-16(12-19(21)23)10-15(5)24-7-2/h8-9,15-16,21H,6-7,10-12H2,1-5H3. The number of thioether (sulfide) groups is 1. The molecule has 132 valence electrons. The van der Waals surface area contributed by atoms with E-state index in [0.29, 0.717) is 18.1 Å². The van der Waals surface area contributed by atoms with E-state index < -0.39 is 5.92 Å². The van der Waals surface area contributed by atoms with Crippen LogP contribution in [-0.4, -0.2) is 22.6 Å². The first-order chi connectivity index (χ1) is 11.4. The molecular formula is C21H30O2S. The molecule has 0 bridgehead atoms. The molecule has 0 radical (unpaired) electrons. The summed E-state index contributed by atoms with van der Waals surface area (Å²) in [5.74, 6) is 1.05. The maximum atomic E-state index is 12.8. The van der Waals surface area contributed by atoms with Crippen LogP contribution in [0.4, 0.5) is 0 Å². The molecule has 1 aromatic rings. The van der Waals surface area contributed by atoms with Gasteiger partial charge in [-0.1, -0.05) is 38.5 Å². The van der Waals surface area contributed by atoms with Gasteiger partial charge in [-0.3, -0.25) is 9.59 Å². The summed E-state index contributed by atoms with van der Waals surface area (Å²) in [7, 11) is 0. The lowest BCUT2D eigenvalue weighted by atomic mass is 9.73. The summed E-state index contributed by atoms with van der Waals surface area (Å²) in [6.07, 6.45) is 2.95. The molecule has 0 heterocycles. The first-order valence-corrected chi connectivity index (χ1v) is 10.2. The summed E-state index contributed by atoms with van der Waals surface area (Å²) >= 11 is 1.91. The van der Waals surface area contributed by atoms with E-state index >= 15 is 0 Å². The van der Waals surface area contributed by atoms with Crippen LogP contribution in [0.5, 0.6) is 0 Å². The fourth-order valence-corrected chi connectivity index (χ4v) is 5.12. The second-order valence-corrected chi connectivity index (χ2v) is 8.87. The first-order valence-electron chi connectivity index (χ1n) is 9.14. The monoisotopic (exact) mass is 346 g/mol. The van der Waals surface area contributed by atoms with Crippen LogP contribution in [0.15, 0.2) is 12.1 Å². The quantitative estimate of drug-likeness (QED) is 0.678. The average Bonchev–Trinajstić information content (AvgIpc) is 2.48. The van der Waals surface area contributed by atoms with Gasteiger partial charge >= 0.3 is 0 Å². The van der Waals surface area contributed by atoms with Crippen LogP contribution in [0.2, 0.25) is 0 Å². The highest BCUT2D eigenvalue weighted by Gasteiger charge is 2.38. The summed E-state index contributed by atoms with van der Waals surface area (Å²) < 4.78 is 0. The second kappa shape index (κ2) is 8.33. The number of hydrogen-bond donors (Lipinski definition) is 0. The minimum Gasteiger partial charge on any atom is -0.299 e. The first kappa shape index (κ1) is 19.2. The van der Waals surface area contributed by atoms with Crippen molar-refractivity contribution in [2.75, 3.05) is 5.75 Å². The third-order valence-electron chi connectivity index (χ3n) is 5.03. The normalized spacial score (nSPS) is 22.7. The lowest BCUT2D eigenvalue weighted by Gasteiger charge is -2.30. The van der Waals surface area contributed by atoms with Crippen molar-refractivity contribution in [2.24, 2.45) is 5.92 Å². The van der Waals surface area contributed by atoms with Crippen molar-refractivity contribution in [1.82, 2.24) is 0 Å². The highest BCUT2D eigenvalue weighted by Crippen LogP contribution is 2.37. The van der Waals surface area contributed by atoms with Crippen LogP contribution < -0.4 is 0 Å². The van der Waals surface area contributed by atoms with Crippen molar-refractivity contribution < 1.29 is 9.59 Å². The van der Waals surface area contributed by atoms with Crippen molar-refractivity contribution in [3.05, 3.63) is 34.4 Å². The molecule has 3 heteroatoms. The highest BCUT2D eigenvalue weighted by atomic mass is 32.2. The van der Waals surface area contributed by atoms with Gasteiger partial charge in [0.2, 0.25) is 0 Å². The van der Waals surface area contributed by atoms with Gasteiger partial charge in [0, 0.05) is 18.1 Å². The summed E-state index contributed by atoms with van der Waals surface area (Å²) in [6.45, 7) is 10.6. The van der Waals surface area contributed by atoms with Gasteiger partial charge in [-0.15, -0.1) is 0 Å². The van der Waals surface area contributed by atoms with Gasteiger partial charge in [0.15, 0.2) is 0 Å². The van der Waals surface area contributed by atoms with Crippen LogP contribution in [0.25, 0.3) is 0 Å². The van der Waals surface area contributed by atoms with Crippen molar-refractivity contribution in [3.63, 3.8) is 0 Å². The Kier molecular flexibility index (Phi) is 6.68. The molecular weight excluding hydrogens is 316 g/mol. The minimum atomic E-state index is -0.522. The Labute approximate surface area is 150 Å². The number of benzene rings is 1. The predicted octanol–water partition coefficient (Wildman–Crippen LogP) is 5.03. The van der Waals surface area contributed by atoms with Gasteiger partial charge < -0.3 is 0 Å². The molecule has 1 atom stereocenters. The molecule has 1 fully saturated rings. The Bertz CT molecular complexity index is 603. The summed E-state index contributed by atoms with van der Waals surface area (Å²) in [5, 5.41) is 0.518. The van der Waals surface area contributed by atoms with E-state index in [2.05, 4.69) is 39.8 Å². The molecule has 1 saturated carbocycles. The lowest BCUT2D eigenvalue weighted by Crippen LogP contribution is -2.33. The largest absolute Gasteiger partial charge is 0.299 e. The van der Waals surface area contributed by atoms with Gasteiger partial charge in [-0.05, 0) is 55.1 Å². The Morgan fingerprint density at radius 1 is 1.12 bits per heavy atom. The summed E-state index contributed by atoms with van der Waals surface area (Å²) in [5.41, 5.74) is 4.44. The number of ketones is 2. The zero-order valence-electron chi connectivity index (χ0n) is 15.6. The van der Waals surface area contributed by atoms with Crippen molar-refractivity contribution in [3.8, 4) is 0 Å². The Morgan fingerprint density at radius 2 is 1.75 bits per heavy atom. The molecule has 0 N–H and O–H groups in total. The number of aryl methyl sites for hydroxylation is 3. The van der Waals surface area contributed by atoms with Crippen LogP contribution in [-0.2, 0) is 16.0 Å². The van der Waals surface area contributed by atoms with Gasteiger partial charge in [-0.2, -0.15) is 11.8 Å². The molecule has 0 amide bonds. The predicted molar refractivity (Wildman–Crippen MR) is 103 cm³/mol. The average molecular weight is 347 g/mol. The van der Waals surface area contributed by atoms with Crippen LogP contribution >= 0.6 is 11.8 Å². The van der Waals surface area contributed by atoms with Gasteiger partial charge in [0.25, 0.3) is 0 Å². The molecule has 1 aromatic carbocycles. The van der Waals surface area contributed by atoms with Crippen LogP contribution in [0, 0.1) is 19.8 Å². The van der Waals surface area contributed by atoms with E-state index in [9.17, 15) is 9.59 Å². The van der Waals surface area contributed by atoms with E-state index in [4.69, 9.17) is 0 Å². The van der Waals surface area contributed by atoms with E-state index in [1.807, 2.05) is 18.7 Å². The molecule has 1 aliphatic carbocycles. The number of carbonyl (C=O) groups is 2. The number of rotatable bonds is 6. The topological polar surface area (TPSA) is 34.1 Å². The fraction of sp³-hybridized carbons (Fsp3) is 0.619. The third kappa shape index (κ3) is 4.30. The molecule has 0 saturated heterocycles. The Morgan fingerprint density at radius 3 is 2.29 bits per heavy atom. The van der Waals surface area contributed by atoms with Gasteiger partial charge in [-0.25, -0.2) is 0 Å². The van der Waals surface area contributed by atoms with Gasteiger partial charge in [0.1, 0.15) is 17.5 Å². The second-order valence-electron chi connectivity index (χ2n) is 7.15. The molecule has 24 heavy (non-hydrogen) atoms. The van der Waals surface area contributed by atoms with Crippen LogP contribution in [0.1, 0.15) is 68.2 Å². The Balaban J connectivity index is 2.23. The Hall–Kier alpha value is -1.09. The van der Waals surface area contributed by atoms with Crippen molar-refractivity contribution in [2.45, 2.75) is 71.5 Å². The highest BCUT2D eigenvalue weighted by molar-refractivity contribution is 7.99. The van der Waals surface area contributed by atoms with E-state index in [-0.39, 0.29) is 17.5 Å². The molecule has 0 aliphatic heterocycles. The molecule has 1 unspecified atom stereocenters. The maximum Gasteiger partial charge on any atom is 0.148 e.